The van der Waals surface area contributed by atoms with E-state index in [2.05, 4.69) is 10.6 Å². The zero-order chi connectivity index (χ0) is 29.5. The van der Waals surface area contributed by atoms with E-state index in [4.69, 9.17) is 10.2 Å². The number of alkyl halides is 2. The van der Waals surface area contributed by atoms with Gasteiger partial charge in [0.1, 0.15) is 5.54 Å². The number of nitrogens with zero attached hydrogens (tertiary/aromatic N) is 2. The van der Waals surface area contributed by atoms with Crippen molar-refractivity contribution in [2.45, 2.75) is 62.3 Å². The van der Waals surface area contributed by atoms with Crippen LogP contribution in [0.4, 0.5) is 14.5 Å². The third-order valence-corrected chi connectivity index (χ3v) is 8.26. The number of carboxylic acid groups (broad SMARTS) is 1. The summed E-state index contributed by atoms with van der Waals surface area (Å²) in [5.74, 6) is -5.36. The Hall–Kier alpha value is -4.60. The molecule has 4 aromatic rings. The predicted molar refractivity (Wildman–Crippen MR) is 153 cm³/mol. The van der Waals surface area contributed by atoms with Crippen molar-refractivity contribution in [2.75, 3.05) is 5.32 Å². The number of benzene rings is 3. The summed E-state index contributed by atoms with van der Waals surface area (Å²) in [6, 6.07) is 20.3. The third kappa shape index (κ3) is 5.24. The lowest BCUT2D eigenvalue weighted by molar-refractivity contribution is -0.156. The lowest BCUT2D eigenvalue weighted by atomic mass is 9.72. The van der Waals surface area contributed by atoms with Gasteiger partial charge in [0, 0.05) is 35.4 Å². The van der Waals surface area contributed by atoms with E-state index in [1.54, 1.807) is 12.1 Å². The van der Waals surface area contributed by atoms with Crippen LogP contribution in [-0.4, -0.2) is 44.1 Å². The van der Waals surface area contributed by atoms with E-state index in [1.165, 1.54) is 30.7 Å². The molecule has 1 aromatic heterocycles. The van der Waals surface area contributed by atoms with Crippen molar-refractivity contribution in [1.82, 2.24) is 15.1 Å². The summed E-state index contributed by atoms with van der Waals surface area (Å²) in [6.07, 6.45) is 3.92. The maximum atomic E-state index is 14.1. The van der Waals surface area contributed by atoms with Gasteiger partial charge >= 0.3 is 5.97 Å². The number of carbonyl (C=O) groups excluding carboxylic acids is 2. The van der Waals surface area contributed by atoms with Gasteiger partial charge in [-0.15, -0.1) is 0 Å². The number of amides is 2. The SMILES string of the molecule is O=C(O)c1ccc(NC(=O)C2(NC(=O)c3ccc4c(C5CCCCC5)n(-c5ccccc5)nc4c3)CC(F)(F)C2)cc1. The van der Waals surface area contributed by atoms with Gasteiger partial charge in [-0.25, -0.2) is 18.3 Å². The molecule has 1 heterocycles. The first-order chi connectivity index (χ1) is 20.1. The van der Waals surface area contributed by atoms with Gasteiger partial charge in [-0.05, 0) is 61.4 Å². The summed E-state index contributed by atoms with van der Waals surface area (Å²) in [5, 5.41) is 20.0. The first kappa shape index (κ1) is 27.6. The number of halogens is 2. The lowest BCUT2D eigenvalue weighted by Gasteiger charge is -2.46. The smallest absolute Gasteiger partial charge is 0.335 e. The number of carboxylic acids is 1. The molecule has 0 atom stereocenters. The molecule has 2 fully saturated rings. The molecule has 0 bridgehead atoms. The molecule has 2 amide bonds. The molecular formula is C32H30F2N4O4. The van der Waals surface area contributed by atoms with Crippen molar-refractivity contribution in [3.63, 3.8) is 0 Å². The Kier molecular flexibility index (Phi) is 7.00. The Balaban J connectivity index is 1.28. The number of fused-ring (bicyclic) bond motifs is 1. The first-order valence-electron chi connectivity index (χ1n) is 14.1. The standard InChI is InChI=1S/C32H30F2N4O4/c33-32(34)18-31(19-32,30(42)35-23-14-11-21(12-15-23)29(40)41)36-28(39)22-13-16-25-26(17-22)37-38(24-9-5-2-6-10-24)27(25)20-7-3-1-4-8-20/h2,5-6,9-17,20H,1,3-4,7-8,18-19H2,(H,35,42)(H,36,39)(H,40,41). The second kappa shape index (κ2) is 10.7. The number of anilines is 1. The van der Waals surface area contributed by atoms with Crippen molar-refractivity contribution < 1.29 is 28.3 Å². The summed E-state index contributed by atoms with van der Waals surface area (Å²) < 4.78 is 30.2. The maximum Gasteiger partial charge on any atom is 0.335 e. The summed E-state index contributed by atoms with van der Waals surface area (Å²) >= 11 is 0. The molecule has 0 unspecified atom stereocenters. The number of carbonyl (C=O) groups is 3. The number of nitrogens with one attached hydrogen (secondary N) is 2. The van der Waals surface area contributed by atoms with Gasteiger partial charge in [0.25, 0.3) is 17.7 Å². The molecule has 42 heavy (non-hydrogen) atoms. The van der Waals surface area contributed by atoms with E-state index in [9.17, 15) is 23.2 Å². The Morgan fingerprint density at radius 2 is 1.55 bits per heavy atom. The number of hydrogen-bond acceptors (Lipinski definition) is 4. The van der Waals surface area contributed by atoms with E-state index < -0.39 is 42.1 Å². The summed E-state index contributed by atoms with van der Waals surface area (Å²) in [4.78, 5) is 37.7. The number of aromatic carboxylic acids is 1. The van der Waals surface area contributed by atoms with Crippen LogP contribution in [-0.2, 0) is 4.79 Å². The molecule has 216 valence electrons. The van der Waals surface area contributed by atoms with Crippen molar-refractivity contribution in [3.05, 3.63) is 89.6 Å². The molecule has 10 heteroatoms. The molecule has 2 saturated carbocycles. The third-order valence-electron chi connectivity index (χ3n) is 8.26. The highest BCUT2D eigenvalue weighted by Gasteiger charge is 2.61. The molecule has 0 spiro atoms. The Morgan fingerprint density at radius 1 is 0.881 bits per heavy atom. The van der Waals surface area contributed by atoms with Crippen molar-refractivity contribution >= 4 is 34.4 Å². The summed E-state index contributed by atoms with van der Waals surface area (Å²) in [6.45, 7) is 0. The molecule has 3 N–H and O–H groups in total. The maximum absolute atomic E-state index is 14.1. The van der Waals surface area contributed by atoms with Crippen LogP contribution in [0.3, 0.4) is 0 Å². The highest BCUT2D eigenvalue weighted by Crippen LogP contribution is 2.46. The van der Waals surface area contributed by atoms with E-state index in [0.29, 0.717) is 11.4 Å². The first-order valence-corrected chi connectivity index (χ1v) is 14.1. The van der Waals surface area contributed by atoms with Gasteiger partial charge in [-0.1, -0.05) is 43.5 Å². The van der Waals surface area contributed by atoms with Crippen LogP contribution in [0.15, 0.2) is 72.8 Å². The van der Waals surface area contributed by atoms with Crippen LogP contribution in [0, 0.1) is 0 Å². The highest BCUT2D eigenvalue weighted by molar-refractivity contribution is 6.05. The van der Waals surface area contributed by atoms with E-state index in [0.717, 1.165) is 42.5 Å². The van der Waals surface area contributed by atoms with Gasteiger partial charge in [-0.2, -0.15) is 5.10 Å². The van der Waals surface area contributed by atoms with Gasteiger partial charge in [0.05, 0.1) is 22.5 Å². The molecule has 2 aliphatic rings. The molecular weight excluding hydrogens is 542 g/mol. The minimum absolute atomic E-state index is 0.0166. The van der Waals surface area contributed by atoms with E-state index >= 15 is 0 Å². The largest absolute Gasteiger partial charge is 0.478 e. The molecule has 2 aliphatic carbocycles. The average molecular weight is 573 g/mol. The van der Waals surface area contributed by atoms with Crippen LogP contribution < -0.4 is 10.6 Å². The lowest BCUT2D eigenvalue weighted by Crippen LogP contribution is -2.68. The minimum atomic E-state index is -3.11. The van der Waals surface area contributed by atoms with Crippen molar-refractivity contribution in [2.24, 2.45) is 0 Å². The van der Waals surface area contributed by atoms with Crippen molar-refractivity contribution in [3.8, 4) is 5.69 Å². The average Bonchev–Trinajstić information content (AvgIpc) is 3.36. The van der Waals surface area contributed by atoms with Crippen LogP contribution in [0.2, 0.25) is 0 Å². The Bertz CT molecular complexity index is 1650. The zero-order valence-electron chi connectivity index (χ0n) is 22.8. The number of hydrogen-bond donors (Lipinski definition) is 3. The fourth-order valence-corrected chi connectivity index (χ4v) is 6.16. The quantitative estimate of drug-likeness (QED) is 0.240. The van der Waals surface area contributed by atoms with Gasteiger partial charge in [0.15, 0.2) is 0 Å². The van der Waals surface area contributed by atoms with Gasteiger partial charge in [0.2, 0.25) is 0 Å². The van der Waals surface area contributed by atoms with Crippen LogP contribution >= 0.6 is 0 Å². The van der Waals surface area contributed by atoms with Gasteiger partial charge < -0.3 is 15.7 Å². The number of aromatic nitrogens is 2. The second-order valence-electron chi connectivity index (χ2n) is 11.3. The monoisotopic (exact) mass is 572 g/mol. The van der Waals surface area contributed by atoms with E-state index in [1.807, 2.05) is 41.1 Å². The second-order valence-corrected chi connectivity index (χ2v) is 11.3. The topological polar surface area (TPSA) is 113 Å². The number of para-hydroxylation sites is 1. The molecule has 3 aromatic carbocycles. The predicted octanol–water partition coefficient (Wildman–Crippen LogP) is 6.31. The summed E-state index contributed by atoms with van der Waals surface area (Å²) in [5.41, 5.74) is 1.28. The normalized spacial score (nSPS) is 17.8. The Labute approximate surface area is 240 Å². The van der Waals surface area contributed by atoms with Crippen LogP contribution in [0.1, 0.15) is 77.3 Å². The zero-order valence-corrected chi connectivity index (χ0v) is 22.8. The van der Waals surface area contributed by atoms with Crippen molar-refractivity contribution in [1.29, 1.82) is 0 Å². The Morgan fingerprint density at radius 3 is 2.19 bits per heavy atom. The fourth-order valence-electron chi connectivity index (χ4n) is 6.16. The van der Waals surface area contributed by atoms with Gasteiger partial charge in [-0.3, -0.25) is 9.59 Å². The molecule has 6 rings (SSSR count). The fraction of sp³-hybridized carbons (Fsp3) is 0.312. The summed E-state index contributed by atoms with van der Waals surface area (Å²) in [7, 11) is 0. The molecule has 0 radical (unpaired) electrons. The molecule has 8 nitrogen and oxygen atoms in total. The van der Waals surface area contributed by atoms with Crippen LogP contribution in [0.5, 0.6) is 0 Å². The molecule has 0 saturated heterocycles. The van der Waals surface area contributed by atoms with E-state index in [-0.39, 0.29) is 16.8 Å². The minimum Gasteiger partial charge on any atom is -0.478 e. The van der Waals surface area contributed by atoms with Crippen LogP contribution in [0.25, 0.3) is 16.6 Å². The highest BCUT2D eigenvalue weighted by atomic mass is 19.3. The molecule has 0 aliphatic heterocycles. The number of rotatable bonds is 7.